The molecule has 0 amide bonds. The zero-order chi connectivity index (χ0) is 29.5. The summed E-state index contributed by atoms with van der Waals surface area (Å²) in [5.74, 6) is -0.843. The molecule has 0 radical (unpaired) electrons. The van der Waals surface area contributed by atoms with Gasteiger partial charge in [-0.3, -0.25) is 9.59 Å². The molecule has 0 bridgehead atoms. The van der Waals surface area contributed by atoms with E-state index in [9.17, 15) is 14.1 Å². The Morgan fingerprint density at radius 1 is 0.550 bits per heavy atom. The number of carboxylic acids is 1. The zero-order valence-corrected chi connectivity index (χ0v) is 27.3. The Kier molecular flexibility index (Phi) is 30.6. The number of ether oxygens (including phenoxy) is 1. The summed E-state index contributed by atoms with van der Waals surface area (Å²) in [4.78, 5) is 23.4. The first-order chi connectivity index (χ1) is 19.5. The molecule has 0 saturated carbocycles. The van der Waals surface area contributed by atoms with Crippen LogP contribution in [0.4, 0.5) is 0 Å². The third-order valence-corrected chi connectivity index (χ3v) is 8.85. The summed E-state index contributed by atoms with van der Waals surface area (Å²) in [6.45, 7) is 4.49. The van der Waals surface area contributed by atoms with Crippen molar-refractivity contribution < 1.29 is 24.0 Å². The quantitative estimate of drug-likeness (QED) is 0.0463. The van der Waals surface area contributed by atoms with Crippen LogP contribution in [0.15, 0.2) is 0 Å². The standard InChI is InChI=1S/C34H66O5S/c1-3-5-7-9-11-12-13-14-15-16-17-22-26-30-34(37)39-31(27-23-19-18-21-25-29-33(35)36)32(40-38)28-24-20-10-8-6-4-2/h31-32,38H,3-30H2,1-2H3,(H,35,36). The lowest BCUT2D eigenvalue weighted by molar-refractivity contribution is -0.149. The van der Waals surface area contributed by atoms with Gasteiger partial charge in [0.15, 0.2) is 0 Å². The second-order valence-electron chi connectivity index (χ2n) is 11.9. The molecule has 0 aromatic rings. The molecule has 0 rings (SSSR count). The van der Waals surface area contributed by atoms with Gasteiger partial charge in [0.2, 0.25) is 0 Å². The van der Waals surface area contributed by atoms with Gasteiger partial charge >= 0.3 is 11.9 Å². The van der Waals surface area contributed by atoms with E-state index in [0.717, 1.165) is 76.3 Å². The SMILES string of the molecule is CCCCCCCCCCCCCCCC(=O)OC(CCCCCCCC(=O)O)C(CCCCCCCC)SO. The average Bonchev–Trinajstić information content (AvgIpc) is 2.94. The largest absolute Gasteiger partial charge is 0.481 e. The number of rotatable bonds is 32. The number of esters is 1. The second-order valence-corrected chi connectivity index (χ2v) is 12.7. The van der Waals surface area contributed by atoms with Gasteiger partial charge in [-0.1, -0.05) is 149 Å². The van der Waals surface area contributed by atoms with E-state index in [-0.39, 0.29) is 23.7 Å². The molecule has 238 valence electrons. The van der Waals surface area contributed by atoms with Gasteiger partial charge in [0.1, 0.15) is 6.10 Å². The van der Waals surface area contributed by atoms with Crippen LogP contribution in [-0.4, -0.2) is 33.0 Å². The molecule has 5 nitrogen and oxygen atoms in total. The summed E-state index contributed by atoms with van der Waals surface area (Å²) in [7, 11) is 0. The van der Waals surface area contributed by atoms with E-state index in [0.29, 0.717) is 6.42 Å². The summed E-state index contributed by atoms with van der Waals surface area (Å²) in [6.07, 6.45) is 30.7. The van der Waals surface area contributed by atoms with Crippen molar-refractivity contribution in [1.29, 1.82) is 0 Å². The minimum Gasteiger partial charge on any atom is -0.481 e. The van der Waals surface area contributed by atoms with Gasteiger partial charge in [-0.25, -0.2) is 0 Å². The number of carbonyl (C=O) groups excluding carboxylic acids is 1. The van der Waals surface area contributed by atoms with Gasteiger partial charge in [0.25, 0.3) is 0 Å². The first-order valence-electron chi connectivity index (χ1n) is 17.3. The van der Waals surface area contributed by atoms with E-state index in [1.807, 2.05) is 0 Å². The number of hydrogen-bond acceptors (Lipinski definition) is 5. The Bertz CT molecular complexity index is 556. The molecule has 0 heterocycles. The monoisotopic (exact) mass is 586 g/mol. The molecule has 0 fully saturated rings. The first-order valence-corrected chi connectivity index (χ1v) is 18.1. The lowest BCUT2D eigenvalue weighted by atomic mass is 10.0. The number of hydrogen-bond donors (Lipinski definition) is 2. The van der Waals surface area contributed by atoms with Crippen molar-refractivity contribution >= 4 is 24.0 Å². The van der Waals surface area contributed by atoms with E-state index < -0.39 is 5.97 Å². The van der Waals surface area contributed by atoms with Crippen LogP contribution < -0.4 is 0 Å². The lowest BCUT2D eigenvalue weighted by Gasteiger charge is -2.25. The maximum absolute atomic E-state index is 12.7. The zero-order valence-electron chi connectivity index (χ0n) is 26.5. The number of unbranched alkanes of at least 4 members (excludes halogenated alkanes) is 21. The molecule has 0 aliphatic rings. The van der Waals surface area contributed by atoms with Crippen LogP contribution in [0, 0.1) is 0 Å². The second kappa shape index (κ2) is 31.2. The number of carboxylic acid groups (broad SMARTS) is 1. The maximum Gasteiger partial charge on any atom is 0.306 e. The highest BCUT2D eigenvalue weighted by Gasteiger charge is 2.25. The lowest BCUT2D eigenvalue weighted by Crippen LogP contribution is -2.29. The molecule has 0 saturated heterocycles. The summed E-state index contributed by atoms with van der Waals surface area (Å²) in [5.41, 5.74) is 0. The van der Waals surface area contributed by atoms with E-state index in [4.69, 9.17) is 9.84 Å². The highest BCUT2D eigenvalue weighted by molar-refractivity contribution is 7.94. The van der Waals surface area contributed by atoms with Crippen molar-refractivity contribution in [3.05, 3.63) is 0 Å². The predicted molar refractivity (Wildman–Crippen MR) is 172 cm³/mol. The van der Waals surface area contributed by atoms with Crippen molar-refractivity contribution in [3.63, 3.8) is 0 Å². The maximum atomic E-state index is 12.7. The average molecular weight is 587 g/mol. The summed E-state index contributed by atoms with van der Waals surface area (Å²) in [5, 5.41) is 8.73. The van der Waals surface area contributed by atoms with Crippen molar-refractivity contribution in [2.75, 3.05) is 0 Å². The molecule has 40 heavy (non-hydrogen) atoms. The molecule has 0 spiro atoms. The Morgan fingerprint density at radius 3 is 1.35 bits per heavy atom. The fraction of sp³-hybridized carbons (Fsp3) is 0.941. The van der Waals surface area contributed by atoms with Crippen LogP contribution in [0.1, 0.15) is 194 Å². The van der Waals surface area contributed by atoms with Gasteiger partial charge < -0.3 is 14.4 Å². The molecule has 2 unspecified atom stereocenters. The molecule has 6 heteroatoms. The van der Waals surface area contributed by atoms with Crippen molar-refractivity contribution in [3.8, 4) is 0 Å². The predicted octanol–water partition coefficient (Wildman–Crippen LogP) is 11.5. The highest BCUT2D eigenvalue weighted by Crippen LogP contribution is 2.26. The van der Waals surface area contributed by atoms with Crippen molar-refractivity contribution in [2.45, 2.75) is 205 Å². The Morgan fingerprint density at radius 2 is 0.925 bits per heavy atom. The topological polar surface area (TPSA) is 83.8 Å². The molecule has 2 N–H and O–H groups in total. The van der Waals surface area contributed by atoms with E-state index in [1.54, 1.807) is 0 Å². The van der Waals surface area contributed by atoms with Crippen LogP contribution in [0.3, 0.4) is 0 Å². The Labute approximate surface area is 252 Å². The minimum absolute atomic E-state index is 0.0613. The van der Waals surface area contributed by atoms with Crippen LogP contribution in [0.2, 0.25) is 0 Å². The number of aliphatic carboxylic acids is 1. The fourth-order valence-electron chi connectivity index (χ4n) is 5.42. The van der Waals surface area contributed by atoms with Crippen molar-refractivity contribution in [1.82, 2.24) is 0 Å². The van der Waals surface area contributed by atoms with Gasteiger partial charge in [-0.2, -0.15) is 0 Å². The summed E-state index contributed by atoms with van der Waals surface area (Å²) in [6, 6.07) is 0. The van der Waals surface area contributed by atoms with Gasteiger partial charge in [-0.15, -0.1) is 0 Å². The Balaban J connectivity index is 4.24. The fourth-order valence-corrected chi connectivity index (χ4v) is 6.02. The Hall–Kier alpha value is -0.750. The van der Waals surface area contributed by atoms with E-state index in [1.165, 1.54) is 103 Å². The van der Waals surface area contributed by atoms with E-state index in [2.05, 4.69) is 13.8 Å². The smallest absolute Gasteiger partial charge is 0.306 e. The molecule has 0 aromatic carbocycles. The first kappa shape index (κ1) is 39.2. The normalized spacial score (nSPS) is 12.9. The van der Waals surface area contributed by atoms with Gasteiger partial charge in [0, 0.05) is 12.8 Å². The van der Waals surface area contributed by atoms with Crippen LogP contribution in [0.25, 0.3) is 0 Å². The third-order valence-electron chi connectivity index (χ3n) is 8.04. The van der Waals surface area contributed by atoms with Crippen LogP contribution in [0.5, 0.6) is 0 Å². The minimum atomic E-state index is -0.729. The van der Waals surface area contributed by atoms with E-state index >= 15 is 0 Å². The molecule has 2 atom stereocenters. The van der Waals surface area contributed by atoms with Gasteiger partial charge in [-0.05, 0) is 44.1 Å². The molecule has 0 aliphatic carbocycles. The summed E-state index contributed by atoms with van der Waals surface area (Å²) < 4.78 is 16.0. The van der Waals surface area contributed by atoms with Gasteiger partial charge in [0.05, 0.1) is 5.25 Å². The van der Waals surface area contributed by atoms with Crippen LogP contribution >= 0.6 is 12.0 Å². The van der Waals surface area contributed by atoms with Crippen molar-refractivity contribution in [2.24, 2.45) is 0 Å². The van der Waals surface area contributed by atoms with Crippen LogP contribution in [-0.2, 0) is 14.3 Å². The third kappa shape index (κ3) is 27.4. The molecular weight excluding hydrogens is 520 g/mol. The molecular formula is C34H66O5S. The molecule has 0 aliphatic heterocycles. The molecule has 0 aromatic heterocycles. The summed E-state index contributed by atoms with van der Waals surface area (Å²) >= 11 is 0.869. The number of carbonyl (C=O) groups is 2. The highest BCUT2D eigenvalue weighted by atomic mass is 32.2.